The van der Waals surface area contributed by atoms with Crippen LogP contribution >= 0.6 is 0 Å². The first-order valence-corrected chi connectivity index (χ1v) is 8.98. The van der Waals surface area contributed by atoms with Gasteiger partial charge in [-0.05, 0) is 23.8 Å². The molecule has 1 aromatic rings. The van der Waals surface area contributed by atoms with Gasteiger partial charge in [0.15, 0.2) is 0 Å². The van der Waals surface area contributed by atoms with Crippen LogP contribution in [0.3, 0.4) is 0 Å². The van der Waals surface area contributed by atoms with Crippen molar-refractivity contribution in [1.82, 2.24) is 10.6 Å². The molecule has 2 amide bonds. The first-order valence-electron chi connectivity index (χ1n) is 8.98. The number of carbonyl (C=O) groups is 3. The van der Waals surface area contributed by atoms with Crippen LogP contribution in [0, 0.1) is 11.8 Å². The highest BCUT2D eigenvalue weighted by Gasteiger charge is 2.29. The molecule has 0 aliphatic carbocycles. The molecule has 0 fully saturated rings. The van der Waals surface area contributed by atoms with E-state index < -0.39 is 18.1 Å². The predicted octanol–water partition coefficient (Wildman–Crippen LogP) is 2.42. The zero-order chi connectivity index (χ0) is 19.7. The Morgan fingerprint density at radius 2 is 1.62 bits per heavy atom. The average Bonchev–Trinajstić information content (AvgIpc) is 2.56. The van der Waals surface area contributed by atoms with Crippen molar-refractivity contribution in [3.8, 4) is 0 Å². The van der Waals surface area contributed by atoms with Crippen molar-refractivity contribution < 1.29 is 19.1 Å². The fraction of sp³-hybridized carbons (Fsp3) is 0.550. The van der Waals surface area contributed by atoms with Gasteiger partial charge in [-0.25, -0.2) is 4.79 Å². The summed E-state index contributed by atoms with van der Waals surface area (Å²) in [6.45, 7) is 9.13. The van der Waals surface area contributed by atoms with E-state index in [0.29, 0.717) is 6.42 Å². The quantitative estimate of drug-likeness (QED) is 0.661. The molecular weight excluding hydrogens is 332 g/mol. The molecule has 1 rings (SSSR count). The smallest absolute Gasteiger partial charge is 0.329 e. The molecule has 0 aromatic heterocycles. The highest BCUT2D eigenvalue weighted by molar-refractivity contribution is 5.90. The lowest BCUT2D eigenvalue weighted by Gasteiger charge is -2.25. The number of nitrogens with one attached hydrogen (secondary N) is 2. The molecule has 0 aliphatic heterocycles. The molecule has 6 nitrogen and oxygen atoms in total. The monoisotopic (exact) mass is 362 g/mol. The van der Waals surface area contributed by atoms with Crippen LogP contribution in [0.2, 0.25) is 0 Å². The molecule has 2 atom stereocenters. The van der Waals surface area contributed by atoms with Gasteiger partial charge in [0.25, 0.3) is 0 Å². The lowest BCUT2D eigenvalue weighted by molar-refractivity contribution is -0.150. The molecule has 0 spiro atoms. The van der Waals surface area contributed by atoms with E-state index >= 15 is 0 Å². The van der Waals surface area contributed by atoms with E-state index in [1.807, 2.05) is 58.0 Å². The topological polar surface area (TPSA) is 84.5 Å². The Hall–Kier alpha value is -2.37. The summed E-state index contributed by atoms with van der Waals surface area (Å²) < 4.78 is 5.35. The number of carbonyl (C=O) groups excluding carboxylic acids is 3. The van der Waals surface area contributed by atoms with E-state index in [1.54, 1.807) is 0 Å². The largest absolute Gasteiger partial charge is 0.459 e. The van der Waals surface area contributed by atoms with Gasteiger partial charge in [-0.15, -0.1) is 0 Å². The van der Waals surface area contributed by atoms with Crippen molar-refractivity contribution in [2.45, 2.75) is 59.7 Å². The second-order valence-electron chi connectivity index (χ2n) is 7.21. The first-order chi connectivity index (χ1) is 12.2. The molecule has 26 heavy (non-hydrogen) atoms. The first kappa shape index (κ1) is 21.7. The maximum atomic E-state index is 12.6. The zero-order valence-electron chi connectivity index (χ0n) is 16.2. The van der Waals surface area contributed by atoms with Crippen LogP contribution < -0.4 is 10.6 Å². The molecule has 0 heterocycles. The number of rotatable bonds is 9. The van der Waals surface area contributed by atoms with Crippen molar-refractivity contribution >= 4 is 17.8 Å². The average molecular weight is 362 g/mol. The maximum absolute atomic E-state index is 12.6. The minimum Gasteiger partial charge on any atom is -0.459 e. The predicted molar refractivity (Wildman–Crippen MR) is 100 cm³/mol. The number of benzene rings is 1. The number of esters is 1. The lowest BCUT2D eigenvalue weighted by atomic mass is 10.0. The van der Waals surface area contributed by atoms with Gasteiger partial charge in [0.1, 0.15) is 18.7 Å². The van der Waals surface area contributed by atoms with E-state index in [1.165, 1.54) is 6.92 Å². The summed E-state index contributed by atoms with van der Waals surface area (Å²) in [6, 6.07) is 7.92. The molecule has 0 bridgehead atoms. The van der Waals surface area contributed by atoms with Crippen LogP contribution in [0.25, 0.3) is 0 Å². The van der Waals surface area contributed by atoms with Gasteiger partial charge < -0.3 is 15.4 Å². The van der Waals surface area contributed by atoms with Gasteiger partial charge in [-0.2, -0.15) is 0 Å². The molecular formula is C20H30N2O4. The Morgan fingerprint density at radius 1 is 1.00 bits per heavy atom. The standard InChI is InChI=1S/C20H30N2O4/c1-13(2)11-17(21-15(5)23)19(24)22-18(14(3)4)20(25)26-12-16-9-7-6-8-10-16/h6-10,13-14,17-18H,11-12H2,1-5H3,(H,21,23)(H,22,24)/t17-,18+/m1/s1. The second kappa shape index (κ2) is 10.6. The van der Waals surface area contributed by atoms with Crippen LogP contribution in [0.5, 0.6) is 0 Å². The second-order valence-corrected chi connectivity index (χ2v) is 7.21. The summed E-state index contributed by atoms with van der Waals surface area (Å²) in [5, 5.41) is 5.38. The van der Waals surface area contributed by atoms with Gasteiger partial charge in [-0.3, -0.25) is 9.59 Å². The highest BCUT2D eigenvalue weighted by Crippen LogP contribution is 2.10. The molecule has 0 saturated heterocycles. The number of hydrogen-bond donors (Lipinski definition) is 2. The summed E-state index contributed by atoms with van der Waals surface area (Å²) in [6.07, 6.45) is 0.495. The fourth-order valence-electron chi connectivity index (χ4n) is 2.52. The molecule has 0 saturated carbocycles. The van der Waals surface area contributed by atoms with Gasteiger partial charge in [0, 0.05) is 6.92 Å². The molecule has 2 N–H and O–H groups in total. The van der Waals surface area contributed by atoms with Crippen LogP contribution in [0.4, 0.5) is 0 Å². The van der Waals surface area contributed by atoms with E-state index in [0.717, 1.165) is 5.56 Å². The fourth-order valence-corrected chi connectivity index (χ4v) is 2.52. The van der Waals surface area contributed by atoms with E-state index in [2.05, 4.69) is 10.6 Å². The van der Waals surface area contributed by atoms with Crippen molar-refractivity contribution in [3.05, 3.63) is 35.9 Å². The normalized spacial score (nSPS) is 13.2. The Bertz CT molecular complexity index is 599. The van der Waals surface area contributed by atoms with E-state index in [-0.39, 0.29) is 30.3 Å². The van der Waals surface area contributed by atoms with Crippen LogP contribution in [0.15, 0.2) is 30.3 Å². The van der Waals surface area contributed by atoms with Crippen molar-refractivity contribution in [2.24, 2.45) is 11.8 Å². The zero-order valence-corrected chi connectivity index (χ0v) is 16.2. The Morgan fingerprint density at radius 3 is 2.12 bits per heavy atom. The van der Waals surface area contributed by atoms with Crippen molar-refractivity contribution in [3.63, 3.8) is 0 Å². The highest BCUT2D eigenvalue weighted by atomic mass is 16.5. The summed E-state index contributed by atoms with van der Waals surface area (Å²) in [5.41, 5.74) is 0.880. The molecule has 0 aliphatic rings. The Labute approximate surface area is 155 Å². The summed E-state index contributed by atoms with van der Waals surface area (Å²) in [5.74, 6) is -1.05. The van der Waals surface area contributed by atoms with E-state index in [4.69, 9.17) is 4.74 Å². The molecule has 6 heteroatoms. The van der Waals surface area contributed by atoms with E-state index in [9.17, 15) is 14.4 Å². The minimum absolute atomic E-state index is 0.140. The lowest BCUT2D eigenvalue weighted by Crippen LogP contribution is -2.53. The van der Waals surface area contributed by atoms with Gasteiger partial charge in [0.05, 0.1) is 0 Å². The molecule has 1 aromatic carbocycles. The van der Waals surface area contributed by atoms with Crippen LogP contribution in [-0.2, 0) is 25.7 Å². The maximum Gasteiger partial charge on any atom is 0.329 e. The van der Waals surface area contributed by atoms with Gasteiger partial charge >= 0.3 is 5.97 Å². The SMILES string of the molecule is CC(=O)N[C@H](CC(C)C)C(=O)N[C@H](C(=O)OCc1ccccc1)C(C)C. The molecule has 0 radical (unpaired) electrons. The summed E-state index contributed by atoms with van der Waals surface area (Å²) in [7, 11) is 0. The number of hydrogen-bond acceptors (Lipinski definition) is 4. The third-order valence-electron chi connectivity index (χ3n) is 3.84. The molecule has 0 unspecified atom stereocenters. The van der Waals surface area contributed by atoms with Crippen molar-refractivity contribution in [1.29, 1.82) is 0 Å². The summed E-state index contributed by atoms with van der Waals surface area (Å²) in [4.78, 5) is 36.4. The van der Waals surface area contributed by atoms with Gasteiger partial charge in [0.2, 0.25) is 11.8 Å². The third-order valence-corrected chi connectivity index (χ3v) is 3.84. The summed E-state index contributed by atoms with van der Waals surface area (Å²) >= 11 is 0. The third kappa shape index (κ3) is 7.68. The van der Waals surface area contributed by atoms with Crippen molar-refractivity contribution in [2.75, 3.05) is 0 Å². The van der Waals surface area contributed by atoms with Gasteiger partial charge in [-0.1, -0.05) is 58.0 Å². The van der Waals surface area contributed by atoms with Crippen LogP contribution in [0.1, 0.15) is 46.6 Å². The van der Waals surface area contributed by atoms with Crippen LogP contribution in [-0.4, -0.2) is 29.9 Å². The Kier molecular flexibility index (Phi) is 8.82. The number of amides is 2. The Balaban J connectivity index is 2.73. The number of ether oxygens (including phenoxy) is 1. The molecule has 144 valence electrons. The minimum atomic E-state index is -0.769.